The van der Waals surface area contributed by atoms with Gasteiger partial charge in [-0.2, -0.15) is 5.10 Å². The van der Waals surface area contributed by atoms with Gasteiger partial charge in [-0.05, 0) is 49.1 Å². The lowest BCUT2D eigenvalue weighted by molar-refractivity contribution is 0.0908. The highest BCUT2D eigenvalue weighted by molar-refractivity contribution is 6.00. The van der Waals surface area contributed by atoms with Crippen molar-refractivity contribution in [3.63, 3.8) is 0 Å². The van der Waals surface area contributed by atoms with Crippen LogP contribution < -0.4 is 10.1 Å². The number of aryl methyl sites for hydroxylation is 1. The van der Waals surface area contributed by atoms with Gasteiger partial charge in [0, 0.05) is 24.1 Å². The van der Waals surface area contributed by atoms with Crippen LogP contribution in [-0.4, -0.2) is 28.6 Å². The lowest BCUT2D eigenvalue weighted by Gasteiger charge is -2.29. The summed E-state index contributed by atoms with van der Waals surface area (Å²) in [5.74, 6) is 0.740. The molecule has 0 aliphatic heterocycles. The number of nitrogens with zero attached hydrogens (tertiary/aromatic N) is 2. The van der Waals surface area contributed by atoms with Crippen molar-refractivity contribution in [2.24, 2.45) is 5.41 Å². The first-order valence-corrected chi connectivity index (χ1v) is 10.4. The fraction of sp³-hybridized carbons (Fsp3) is 0.320. The number of ether oxygens (including phenoxy) is 1. The van der Waals surface area contributed by atoms with E-state index >= 15 is 0 Å². The molecule has 0 unspecified atom stereocenters. The van der Waals surface area contributed by atoms with Crippen molar-refractivity contribution in [1.29, 1.82) is 0 Å². The fourth-order valence-electron chi connectivity index (χ4n) is 4.23. The van der Waals surface area contributed by atoms with Gasteiger partial charge in [-0.25, -0.2) is 4.68 Å². The van der Waals surface area contributed by atoms with Gasteiger partial charge >= 0.3 is 0 Å². The minimum Gasteiger partial charge on any atom is -0.496 e. The molecule has 0 fully saturated rings. The first-order valence-electron chi connectivity index (χ1n) is 10.4. The Hall–Kier alpha value is -3.41. The zero-order valence-electron chi connectivity index (χ0n) is 18.4. The predicted octanol–water partition coefficient (Wildman–Crippen LogP) is 4.27. The van der Waals surface area contributed by atoms with Crippen LogP contribution in [0.3, 0.4) is 0 Å². The summed E-state index contributed by atoms with van der Waals surface area (Å²) in [5, 5.41) is 7.56. The second-order valence-corrected chi connectivity index (χ2v) is 8.80. The molecule has 1 N–H and O–H groups in total. The minimum absolute atomic E-state index is 0.0906. The maximum atomic E-state index is 12.6. The van der Waals surface area contributed by atoms with Crippen LogP contribution in [0.1, 0.15) is 57.9 Å². The topological polar surface area (TPSA) is 73.2 Å². The van der Waals surface area contributed by atoms with E-state index in [9.17, 15) is 9.59 Å². The summed E-state index contributed by atoms with van der Waals surface area (Å²) < 4.78 is 7.18. The minimum atomic E-state index is -0.160. The summed E-state index contributed by atoms with van der Waals surface area (Å²) in [4.78, 5) is 25.2. The molecule has 1 heterocycles. The Morgan fingerprint density at radius 2 is 1.84 bits per heavy atom. The van der Waals surface area contributed by atoms with Crippen LogP contribution in [0, 0.1) is 12.3 Å². The molecule has 1 aliphatic rings. The Balaban J connectivity index is 1.53. The number of benzene rings is 2. The second-order valence-electron chi connectivity index (χ2n) is 8.80. The van der Waals surface area contributed by atoms with Crippen LogP contribution in [0.5, 0.6) is 5.75 Å². The third-order valence-corrected chi connectivity index (χ3v) is 5.73. The maximum absolute atomic E-state index is 12.6. The average molecular weight is 418 g/mol. The number of amides is 1. The van der Waals surface area contributed by atoms with Crippen molar-refractivity contribution >= 4 is 11.7 Å². The Morgan fingerprint density at radius 3 is 2.55 bits per heavy atom. The van der Waals surface area contributed by atoms with E-state index in [0.717, 1.165) is 40.4 Å². The number of fused-ring (bicyclic) bond motifs is 1. The molecule has 1 aliphatic carbocycles. The van der Waals surface area contributed by atoms with Crippen molar-refractivity contribution in [3.8, 4) is 11.4 Å². The van der Waals surface area contributed by atoms with E-state index < -0.39 is 0 Å². The van der Waals surface area contributed by atoms with Crippen LogP contribution in [0.25, 0.3) is 5.69 Å². The summed E-state index contributed by atoms with van der Waals surface area (Å²) in [5.41, 5.74) is 4.69. The van der Waals surface area contributed by atoms with E-state index in [-0.39, 0.29) is 17.1 Å². The van der Waals surface area contributed by atoms with Crippen molar-refractivity contribution in [1.82, 2.24) is 15.1 Å². The molecule has 0 saturated carbocycles. The summed E-state index contributed by atoms with van der Waals surface area (Å²) in [6.07, 6.45) is 1.33. The van der Waals surface area contributed by atoms with E-state index in [1.807, 2.05) is 48.0 Å². The van der Waals surface area contributed by atoms with Gasteiger partial charge in [0.15, 0.2) is 5.78 Å². The number of carbonyl (C=O) groups is 2. The van der Waals surface area contributed by atoms with E-state index in [1.54, 1.807) is 19.2 Å². The fourth-order valence-corrected chi connectivity index (χ4v) is 4.23. The second kappa shape index (κ2) is 8.02. The Labute approximate surface area is 182 Å². The molecule has 6 nitrogen and oxygen atoms in total. The molecule has 1 amide bonds. The molecule has 2 aromatic carbocycles. The molecule has 0 radical (unpaired) electrons. The highest BCUT2D eigenvalue weighted by Gasteiger charge is 2.35. The van der Waals surface area contributed by atoms with E-state index in [2.05, 4.69) is 24.3 Å². The van der Waals surface area contributed by atoms with Crippen molar-refractivity contribution in [2.75, 3.05) is 7.11 Å². The average Bonchev–Trinajstić information content (AvgIpc) is 3.07. The monoisotopic (exact) mass is 417 g/mol. The number of aromatic nitrogens is 2. The van der Waals surface area contributed by atoms with Gasteiger partial charge in [-0.15, -0.1) is 0 Å². The Kier molecular flexibility index (Phi) is 5.39. The molecule has 0 spiro atoms. The standard InChI is InChI=1S/C25H27N3O3/c1-16-23-20(13-25(2,3)14-21(23)29)28(27-16)19-11-9-17(10-12-19)24(30)26-15-18-7-5-6-8-22(18)31-4/h5-12H,13-15H2,1-4H3,(H,26,30). The first kappa shape index (κ1) is 20.8. The van der Waals surface area contributed by atoms with Gasteiger partial charge in [0.1, 0.15) is 5.75 Å². The summed E-state index contributed by atoms with van der Waals surface area (Å²) in [6, 6.07) is 14.9. The van der Waals surface area contributed by atoms with E-state index in [0.29, 0.717) is 18.5 Å². The quantitative estimate of drug-likeness (QED) is 0.673. The maximum Gasteiger partial charge on any atom is 0.251 e. The zero-order valence-corrected chi connectivity index (χ0v) is 18.4. The molecule has 1 aromatic heterocycles. The SMILES string of the molecule is COc1ccccc1CNC(=O)c1ccc(-n2nc(C)c3c2CC(C)(C)CC3=O)cc1. The van der Waals surface area contributed by atoms with E-state index in [4.69, 9.17) is 4.74 Å². The summed E-state index contributed by atoms with van der Waals surface area (Å²) in [6.45, 7) is 6.48. The largest absolute Gasteiger partial charge is 0.496 e. The highest BCUT2D eigenvalue weighted by Crippen LogP contribution is 2.36. The molecule has 4 rings (SSSR count). The molecule has 3 aromatic rings. The highest BCUT2D eigenvalue weighted by atomic mass is 16.5. The molecule has 0 bridgehead atoms. The normalized spacial score (nSPS) is 14.8. The number of ketones is 1. The van der Waals surface area contributed by atoms with Gasteiger partial charge in [0.25, 0.3) is 5.91 Å². The number of carbonyl (C=O) groups excluding carboxylic acids is 2. The zero-order chi connectivity index (χ0) is 22.2. The number of nitrogens with one attached hydrogen (secondary N) is 1. The van der Waals surface area contributed by atoms with Crippen molar-refractivity contribution < 1.29 is 14.3 Å². The molecule has 160 valence electrons. The van der Waals surface area contributed by atoms with Gasteiger partial charge in [0.2, 0.25) is 0 Å². The van der Waals surface area contributed by atoms with Crippen LogP contribution >= 0.6 is 0 Å². The number of methoxy groups -OCH3 is 1. The van der Waals surface area contributed by atoms with Crippen molar-refractivity contribution in [3.05, 3.63) is 76.6 Å². The molecular weight excluding hydrogens is 390 g/mol. The van der Waals surface area contributed by atoms with Crippen molar-refractivity contribution in [2.45, 2.75) is 40.2 Å². The van der Waals surface area contributed by atoms with Gasteiger partial charge < -0.3 is 10.1 Å². The van der Waals surface area contributed by atoms with Crippen LogP contribution in [0.2, 0.25) is 0 Å². The smallest absolute Gasteiger partial charge is 0.251 e. The molecule has 0 saturated heterocycles. The van der Waals surface area contributed by atoms with Gasteiger partial charge in [0.05, 0.1) is 29.7 Å². The molecule has 0 atom stereocenters. The number of hydrogen-bond donors (Lipinski definition) is 1. The number of para-hydroxylation sites is 1. The number of Topliss-reactive ketones (excluding diaryl/α,β-unsaturated/α-hetero) is 1. The summed E-state index contributed by atoms with van der Waals surface area (Å²) >= 11 is 0. The third kappa shape index (κ3) is 4.10. The predicted molar refractivity (Wildman–Crippen MR) is 119 cm³/mol. The van der Waals surface area contributed by atoms with E-state index in [1.165, 1.54) is 0 Å². The third-order valence-electron chi connectivity index (χ3n) is 5.73. The Bertz CT molecular complexity index is 1140. The lowest BCUT2D eigenvalue weighted by Crippen LogP contribution is -2.28. The molecule has 31 heavy (non-hydrogen) atoms. The number of rotatable bonds is 5. The van der Waals surface area contributed by atoms with Gasteiger partial charge in [-0.1, -0.05) is 32.0 Å². The van der Waals surface area contributed by atoms with Crippen LogP contribution in [0.15, 0.2) is 48.5 Å². The first-order chi connectivity index (χ1) is 14.8. The van der Waals surface area contributed by atoms with Gasteiger partial charge in [-0.3, -0.25) is 9.59 Å². The molecular formula is C25H27N3O3. The Morgan fingerprint density at radius 1 is 1.13 bits per heavy atom. The number of hydrogen-bond acceptors (Lipinski definition) is 4. The van der Waals surface area contributed by atoms with Crippen LogP contribution in [0.4, 0.5) is 0 Å². The molecule has 6 heteroatoms. The van der Waals surface area contributed by atoms with Crippen LogP contribution in [-0.2, 0) is 13.0 Å². The lowest BCUT2D eigenvalue weighted by atomic mass is 9.75. The summed E-state index contributed by atoms with van der Waals surface area (Å²) in [7, 11) is 1.61.